The number of amides is 1. The van der Waals surface area contributed by atoms with E-state index in [4.69, 9.17) is 4.42 Å². The summed E-state index contributed by atoms with van der Waals surface area (Å²) >= 11 is 1.39. The second-order valence-corrected chi connectivity index (χ2v) is 7.95. The van der Waals surface area contributed by atoms with Gasteiger partial charge in [0.15, 0.2) is 0 Å². The molecule has 0 spiro atoms. The number of hydrogen-bond acceptors (Lipinski definition) is 4. The molecule has 2 aromatic heterocycles. The number of nitrogens with zero attached hydrogens (tertiary/aromatic N) is 1. The van der Waals surface area contributed by atoms with Gasteiger partial charge in [0.1, 0.15) is 5.58 Å². The fourth-order valence-electron chi connectivity index (χ4n) is 3.73. The van der Waals surface area contributed by atoms with E-state index in [9.17, 15) is 9.59 Å². The summed E-state index contributed by atoms with van der Waals surface area (Å²) in [5.41, 5.74) is 0.190. The maximum atomic E-state index is 12.9. The van der Waals surface area contributed by atoms with Crippen LogP contribution in [0.25, 0.3) is 21.1 Å². The van der Waals surface area contributed by atoms with Gasteiger partial charge in [0.05, 0.1) is 15.0 Å². The summed E-state index contributed by atoms with van der Waals surface area (Å²) in [6.07, 6.45) is 1.16. The van der Waals surface area contributed by atoms with Crippen LogP contribution in [0.15, 0.2) is 39.5 Å². The average molecular weight is 341 g/mol. The Labute approximate surface area is 143 Å². The van der Waals surface area contributed by atoms with Crippen LogP contribution >= 0.6 is 11.3 Å². The van der Waals surface area contributed by atoms with E-state index in [0.717, 1.165) is 29.6 Å². The fraction of sp³-hybridized carbons (Fsp3) is 0.368. The van der Waals surface area contributed by atoms with Gasteiger partial charge in [0.2, 0.25) is 0 Å². The van der Waals surface area contributed by atoms with Crippen molar-refractivity contribution >= 4 is 38.3 Å². The van der Waals surface area contributed by atoms with E-state index >= 15 is 0 Å². The largest absolute Gasteiger partial charge is 0.422 e. The quantitative estimate of drug-likeness (QED) is 0.626. The minimum Gasteiger partial charge on any atom is -0.422 e. The smallest absolute Gasteiger partial charge is 0.345 e. The number of likely N-dealkylation sites (tertiary alicyclic amines) is 1. The molecule has 3 aromatic rings. The molecule has 0 unspecified atom stereocenters. The number of piperidine rings is 1. The first-order valence-electron chi connectivity index (χ1n) is 8.27. The number of fused-ring (bicyclic) bond motifs is 3. The molecule has 2 atom stereocenters. The summed E-state index contributed by atoms with van der Waals surface area (Å²) in [7, 11) is 0. The van der Waals surface area contributed by atoms with E-state index in [0.29, 0.717) is 27.7 Å². The second kappa shape index (κ2) is 5.74. The Bertz CT molecular complexity index is 977. The Hall–Kier alpha value is -2.14. The van der Waals surface area contributed by atoms with Gasteiger partial charge in [-0.15, -0.1) is 11.3 Å². The number of carbonyl (C=O) groups is 1. The van der Waals surface area contributed by atoms with Crippen molar-refractivity contribution in [2.75, 3.05) is 13.1 Å². The predicted molar refractivity (Wildman–Crippen MR) is 96.7 cm³/mol. The third-order valence-corrected chi connectivity index (χ3v) is 5.81. The van der Waals surface area contributed by atoms with Gasteiger partial charge in [0.25, 0.3) is 5.91 Å². The Balaban J connectivity index is 1.80. The summed E-state index contributed by atoms with van der Waals surface area (Å²) in [4.78, 5) is 27.7. The van der Waals surface area contributed by atoms with E-state index in [2.05, 4.69) is 13.8 Å². The lowest BCUT2D eigenvalue weighted by atomic mass is 9.92. The van der Waals surface area contributed by atoms with Crippen molar-refractivity contribution in [2.45, 2.75) is 20.3 Å². The van der Waals surface area contributed by atoms with Crippen LogP contribution in [-0.4, -0.2) is 23.9 Å². The van der Waals surface area contributed by atoms with Crippen molar-refractivity contribution in [2.24, 2.45) is 11.8 Å². The molecule has 1 aliphatic heterocycles. The number of thiophene rings is 1. The van der Waals surface area contributed by atoms with Crippen LogP contribution in [0.5, 0.6) is 0 Å². The molecule has 0 saturated carbocycles. The summed E-state index contributed by atoms with van der Waals surface area (Å²) in [6, 6.07) is 9.16. The molecule has 0 bridgehead atoms. The van der Waals surface area contributed by atoms with Crippen LogP contribution in [0, 0.1) is 11.8 Å². The van der Waals surface area contributed by atoms with Crippen LogP contribution < -0.4 is 5.63 Å². The summed E-state index contributed by atoms with van der Waals surface area (Å²) < 4.78 is 6.21. The highest BCUT2D eigenvalue weighted by molar-refractivity contribution is 7.21. The molecule has 3 heterocycles. The van der Waals surface area contributed by atoms with Gasteiger partial charge in [0, 0.05) is 18.5 Å². The first-order chi connectivity index (χ1) is 11.5. The molecular formula is C19H19NO3S. The molecule has 4 rings (SSSR count). The lowest BCUT2D eigenvalue weighted by molar-refractivity contribution is 0.0628. The van der Waals surface area contributed by atoms with Crippen LogP contribution in [-0.2, 0) is 0 Å². The molecule has 1 amide bonds. The average Bonchev–Trinajstić information content (AvgIpc) is 2.99. The Morgan fingerprint density at radius 2 is 1.88 bits per heavy atom. The van der Waals surface area contributed by atoms with Gasteiger partial charge in [-0.05, 0) is 36.5 Å². The Morgan fingerprint density at radius 3 is 2.62 bits per heavy atom. The van der Waals surface area contributed by atoms with E-state index < -0.39 is 0 Å². The molecule has 0 aliphatic carbocycles. The van der Waals surface area contributed by atoms with Gasteiger partial charge in [-0.25, -0.2) is 4.79 Å². The molecule has 0 N–H and O–H groups in total. The summed E-state index contributed by atoms with van der Waals surface area (Å²) in [6.45, 7) is 5.94. The maximum absolute atomic E-state index is 12.9. The highest BCUT2D eigenvalue weighted by atomic mass is 32.1. The zero-order valence-corrected chi connectivity index (χ0v) is 14.6. The number of benzene rings is 1. The third-order valence-electron chi connectivity index (χ3n) is 4.65. The number of rotatable bonds is 1. The van der Waals surface area contributed by atoms with E-state index in [1.165, 1.54) is 11.3 Å². The van der Waals surface area contributed by atoms with E-state index in [1.807, 2.05) is 23.1 Å². The molecular weight excluding hydrogens is 322 g/mol. The molecule has 5 heteroatoms. The molecule has 1 aromatic carbocycles. The Kier molecular flexibility index (Phi) is 3.68. The van der Waals surface area contributed by atoms with Gasteiger partial charge in [-0.2, -0.15) is 0 Å². The minimum atomic E-state index is -0.376. The van der Waals surface area contributed by atoms with E-state index in [-0.39, 0.29) is 11.5 Å². The zero-order valence-electron chi connectivity index (χ0n) is 13.7. The molecule has 24 heavy (non-hydrogen) atoms. The van der Waals surface area contributed by atoms with Crippen molar-refractivity contribution in [3.8, 4) is 0 Å². The summed E-state index contributed by atoms with van der Waals surface area (Å²) in [5, 5.41) is 1.39. The van der Waals surface area contributed by atoms with Crippen LogP contribution in [0.3, 0.4) is 0 Å². The van der Waals surface area contributed by atoms with Gasteiger partial charge in [-0.3, -0.25) is 4.79 Å². The van der Waals surface area contributed by atoms with Crippen molar-refractivity contribution < 1.29 is 9.21 Å². The van der Waals surface area contributed by atoms with Crippen LogP contribution in [0.1, 0.15) is 29.9 Å². The molecule has 1 aliphatic rings. The number of para-hydroxylation sites is 1. The predicted octanol–water partition coefficient (Wildman–Crippen LogP) is 4.13. The number of carbonyl (C=O) groups excluding carboxylic acids is 1. The molecule has 0 radical (unpaired) electrons. The lowest BCUT2D eigenvalue weighted by Crippen LogP contribution is -2.42. The first-order valence-corrected chi connectivity index (χ1v) is 9.09. The molecule has 124 valence electrons. The second-order valence-electron chi connectivity index (χ2n) is 6.90. The van der Waals surface area contributed by atoms with Gasteiger partial charge >= 0.3 is 5.63 Å². The van der Waals surface area contributed by atoms with Crippen LogP contribution in [0.2, 0.25) is 0 Å². The standard InChI is InChI=1S/C19H19NO3S/c1-11-7-12(2)10-20(9-11)18(21)16-8-14-17(24-16)13-5-3-4-6-15(13)23-19(14)22/h3-6,8,11-12H,7,9-10H2,1-2H3/t11-,12-/m1/s1. The monoisotopic (exact) mass is 341 g/mol. The van der Waals surface area contributed by atoms with Gasteiger partial charge < -0.3 is 9.32 Å². The minimum absolute atomic E-state index is 0.0260. The molecule has 1 saturated heterocycles. The SMILES string of the molecule is C[C@@H]1C[C@@H](C)CN(C(=O)c2cc3c(=O)oc4ccccc4c3s2)C1. The highest BCUT2D eigenvalue weighted by Crippen LogP contribution is 2.32. The van der Waals surface area contributed by atoms with Gasteiger partial charge in [-0.1, -0.05) is 26.0 Å². The number of hydrogen-bond donors (Lipinski definition) is 0. The zero-order chi connectivity index (χ0) is 16.8. The lowest BCUT2D eigenvalue weighted by Gasteiger charge is -2.34. The highest BCUT2D eigenvalue weighted by Gasteiger charge is 2.27. The first kappa shape index (κ1) is 15.4. The fourth-order valence-corrected chi connectivity index (χ4v) is 4.87. The maximum Gasteiger partial charge on any atom is 0.345 e. The summed E-state index contributed by atoms with van der Waals surface area (Å²) in [5.74, 6) is 1.05. The van der Waals surface area contributed by atoms with E-state index in [1.54, 1.807) is 12.1 Å². The van der Waals surface area contributed by atoms with Crippen molar-refractivity contribution in [3.63, 3.8) is 0 Å². The Morgan fingerprint density at radius 1 is 1.17 bits per heavy atom. The topological polar surface area (TPSA) is 50.5 Å². The van der Waals surface area contributed by atoms with Crippen molar-refractivity contribution in [1.82, 2.24) is 4.90 Å². The third kappa shape index (κ3) is 2.53. The normalized spacial score (nSPS) is 21.5. The van der Waals surface area contributed by atoms with Crippen molar-refractivity contribution in [1.29, 1.82) is 0 Å². The van der Waals surface area contributed by atoms with Crippen LogP contribution in [0.4, 0.5) is 0 Å². The molecule has 4 nitrogen and oxygen atoms in total. The molecule has 1 fully saturated rings. The van der Waals surface area contributed by atoms with Crippen molar-refractivity contribution in [3.05, 3.63) is 45.6 Å².